The van der Waals surface area contributed by atoms with Gasteiger partial charge in [-0.3, -0.25) is 0 Å². The summed E-state index contributed by atoms with van der Waals surface area (Å²) in [6, 6.07) is 0.614. The van der Waals surface area contributed by atoms with Crippen molar-refractivity contribution >= 4 is 11.8 Å². The molecule has 0 aromatic carbocycles. The molecule has 1 fully saturated rings. The van der Waals surface area contributed by atoms with Crippen LogP contribution in [0.4, 0.5) is 0 Å². The van der Waals surface area contributed by atoms with Crippen LogP contribution in [0.2, 0.25) is 0 Å². The smallest absolute Gasteiger partial charge is 0.133 e. The van der Waals surface area contributed by atoms with Crippen molar-refractivity contribution in [2.24, 2.45) is 5.92 Å². The Bertz CT molecular complexity index is 368. The van der Waals surface area contributed by atoms with Crippen LogP contribution in [0.3, 0.4) is 0 Å². The molecule has 3 rings (SSSR count). The molecule has 2 aliphatic heterocycles. The predicted octanol–water partition coefficient (Wildman–Crippen LogP) is 2.47. The molecule has 0 radical (unpaired) electrons. The van der Waals surface area contributed by atoms with Crippen LogP contribution < -0.4 is 0 Å². The molecule has 2 aliphatic rings. The van der Waals surface area contributed by atoms with Gasteiger partial charge in [-0.05, 0) is 43.6 Å². The molecule has 1 saturated heterocycles. The largest absolute Gasteiger partial charge is 0.312 e. The minimum atomic E-state index is 0.614. The van der Waals surface area contributed by atoms with E-state index in [9.17, 15) is 0 Å². The van der Waals surface area contributed by atoms with Crippen LogP contribution in [0.15, 0.2) is 0 Å². The third kappa shape index (κ3) is 1.88. The first-order chi connectivity index (χ1) is 7.84. The Morgan fingerprint density at radius 1 is 1.38 bits per heavy atom. The summed E-state index contributed by atoms with van der Waals surface area (Å²) < 4.78 is 2.41. The van der Waals surface area contributed by atoms with Gasteiger partial charge in [-0.25, -0.2) is 0 Å². The first kappa shape index (κ1) is 10.6. The van der Waals surface area contributed by atoms with Gasteiger partial charge in [-0.1, -0.05) is 0 Å². The maximum absolute atomic E-state index is 4.42. The Balaban J connectivity index is 1.81. The van der Waals surface area contributed by atoms with Gasteiger partial charge < -0.3 is 4.57 Å². The molecule has 1 aromatic rings. The molecule has 88 valence electrons. The normalized spacial score (nSPS) is 29.3. The van der Waals surface area contributed by atoms with E-state index in [2.05, 4.69) is 33.5 Å². The van der Waals surface area contributed by atoms with Gasteiger partial charge >= 0.3 is 0 Å². The van der Waals surface area contributed by atoms with Crippen molar-refractivity contribution in [3.05, 3.63) is 11.6 Å². The molecule has 1 aromatic heterocycles. The Hall–Kier alpha value is -0.510. The number of fused-ring (bicyclic) bond motifs is 1. The van der Waals surface area contributed by atoms with E-state index in [0.29, 0.717) is 6.04 Å². The summed E-state index contributed by atoms with van der Waals surface area (Å²) in [7, 11) is 0. The van der Waals surface area contributed by atoms with Crippen molar-refractivity contribution in [1.29, 1.82) is 0 Å². The van der Waals surface area contributed by atoms with Crippen molar-refractivity contribution in [1.82, 2.24) is 14.8 Å². The van der Waals surface area contributed by atoms with E-state index >= 15 is 0 Å². The van der Waals surface area contributed by atoms with Gasteiger partial charge in [0, 0.05) is 18.9 Å². The fourth-order valence-corrected chi connectivity index (χ4v) is 4.15. The fraction of sp³-hybridized carbons (Fsp3) is 0.833. The molecule has 2 unspecified atom stereocenters. The Morgan fingerprint density at radius 3 is 3.12 bits per heavy atom. The van der Waals surface area contributed by atoms with Crippen LogP contribution in [0.1, 0.15) is 43.9 Å². The molecular weight excluding hydrogens is 218 g/mol. The van der Waals surface area contributed by atoms with Crippen molar-refractivity contribution in [3.8, 4) is 0 Å². The van der Waals surface area contributed by atoms with Gasteiger partial charge in [0.25, 0.3) is 0 Å². The van der Waals surface area contributed by atoms with Gasteiger partial charge in [0.15, 0.2) is 0 Å². The number of aromatic nitrogens is 3. The molecule has 3 nitrogen and oxygen atoms in total. The summed E-state index contributed by atoms with van der Waals surface area (Å²) in [5.41, 5.74) is 0. The standard InChI is InChI=1S/C12H19N3S/c1-9-3-2-4-11-13-14-12(15(9)11)7-10-5-6-16-8-10/h9-10H,2-8H2,1H3. The summed E-state index contributed by atoms with van der Waals surface area (Å²) in [6.07, 6.45) is 6.19. The molecule has 2 atom stereocenters. The number of hydrogen-bond donors (Lipinski definition) is 0. The lowest BCUT2D eigenvalue weighted by atomic mass is 10.0. The van der Waals surface area contributed by atoms with Crippen LogP contribution in [-0.4, -0.2) is 26.3 Å². The van der Waals surface area contributed by atoms with Gasteiger partial charge in [0.2, 0.25) is 0 Å². The predicted molar refractivity (Wildman–Crippen MR) is 66.8 cm³/mol. The van der Waals surface area contributed by atoms with E-state index in [4.69, 9.17) is 0 Å². The third-order valence-electron chi connectivity index (χ3n) is 3.80. The lowest BCUT2D eigenvalue weighted by Crippen LogP contribution is -2.19. The summed E-state index contributed by atoms with van der Waals surface area (Å²) in [5.74, 6) is 5.96. The van der Waals surface area contributed by atoms with E-state index < -0.39 is 0 Å². The number of aryl methyl sites for hydroxylation is 1. The number of thioether (sulfide) groups is 1. The average Bonchev–Trinajstić information content (AvgIpc) is 2.90. The maximum Gasteiger partial charge on any atom is 0.133 e. The second kappa shape index (κ2) is 4.40. The molecule has 0 aliphatic carbocycles. The molecule has 3 heterocycles. The fourth-order valence-electron chi connectivity index (χ4n) is 2.87. The average molecular weight is 237 g/mol. The number of rotatable bonds is 2. The Labute approximate surface area is 101 Å². The third-order valence-corrected chi connectivity index (χ3v) is 5.03. The van der Waals surface area contributed by atoms with Crippen LogP contribution >= 0.6 is 11.8 Å². The zero-order valence-electron chi connectivity index (χ0n) is 9.85. The quantitative estimate of drug-likeness (QED) is 0.791. The second-order valence-electron chi connectivity index (χ2n) is 5.08. The van der Waals surface area contributed by atoms with Crippen LogP contribution in [0.25, 0.3) is 0 Å². The molecule has 16 heavy (non-hydrogen) atoms. The second-order valence-corrected chi connectivity index (χ2v) is 6.23. The molecule has 0 saturated carbocycles. The van der Waals surface area contributed by atoms with Crippen LogP contribution in [0.5, 0.6) is 0 Å². The van der Waals surface area contributed by atoms with Gasteiger partial charge in [-0.15, -0.1) is 10.2 Å². The minimum absolute atomic E-state index is 0.614. The summed E-state index contributed by atoms with van der Waals surface area (Å²) in [4.78, 5) is 0. The highest BCUT2D eigenvalue weighted by Crippen LogP contribution is 2.29. The highest BCUT2D eigenvalue weighted by atomic mass is 32.2. The molecule has 0 spiro atoms. The van der Waals surface area contributed by atoms with E-state index in [1.54, 1.807) is 0 Å². The lowest BCUT2D eigenvalue weighted by Gasteiger charge is -2.23. The Morgan fingerprint density at radius 2 is 2.31 bits per heavy atom. The summed E-state index contributed by atoms with van der Waals surface area (Å²) in [5, 5.41) is 8.77. The van der Waals surface area contributed by atoms with Gasteiger partial charge in [0.1, 0.15) is 11.6 Å². The van der Waals surface area contributed by atoms with Crippen molar-refractivity contribution in [2.75, 3.05) is 11.5 Å². The van der Waals surface area contributed by atoms with E-state index in [0.717, 1.165) is 18.8 Å². The van der Waals surface area contributed by atoms with Gasteiger partial charge in [-0.2, -0.15) is 11.8 Å². The van der Waals surface area contributed by atoms with Crippen molar-refractivity contribution < 1.29 is 0 Å². The topological polar surface area (TPSA) is 30.7 Å². The first-order valence-electron chi connectivity index (χ1n) is 6.35. The SMILES string of the molecule is CC1CCCc2nnc(CC3CCSC3)n21. The maximum atomic E-state index is 4.42. The minimum Gasteiger partial charge on any atom is -0.312 e. The molecule has 0 bridgehead atoms. The highest BCUT2D eigenvalue weighted by molar-refractivity contribution is 7.99. The van der Waals surface area contributed by atoms with Crippen LogP contribution in [-0.2, 0) is 12.8 Å². The lowest BCUT2D eigenvalue weighted by molar-refractivity contribution is 0.405. The summed E-state index contributed by atoms with van der Waals surface area (Å²) >= 11 is 2.08. The first-order valence-corrected chi connectivity index (χ1v) is 7.50. The zero-order chi connectivity index (χ0) is 11.0. The van der Waals surface area contributed by atoms with Crippen LogP contribution in [0, 0.1) is 5.92 Å². The van der Waals surface area contributed by atoms with E-state index in [-0.39, 0.29) is 0 Å². The number of hydrogen-bond acceptors (Lipinski definition) is 3. The van der Waals surface area contributed by atoms with Crippen molar-refractivity contribution in [3.63, 3.8) is 0 Å². The van der Waals surface area contributed by atoms with E-state index in [1.165, 1.54) is 42.4 Å². The molecule has 0 N–H and O–H groups in total. The molecular formula is C12H19N3S. The monoisotopic (exact) mass is 237 g/mol. The zero-order valence-corrected chi connectivity index (χ0v) is 10.7. The van der Waals surface area contributed by atoms with Gasteiger partial charge in [0.05, 0.1) is 0 Å². The van der Waals surface area contributed by atoms with Crippen molar-refractivity contribution in [2.45, 2.75) is 45.1 Å². The van der Waals surface area contributed by atoms with E-state index in [1.807, 2.05) is 0 Å². The molecule has 0 amide bonds. The molecule has 4 heteroatoms. The number of nitrogens with zero attached hydrogens (tertiary/aromatic N) is 3. The Kier molecular flexibility index (Phi) is 2.92. The summed E-state index contributed by atoms with van der Waals surface area (Å²) in [6.45, 7) is 2.30. The highest BCUT2D eigenvalue weighted by Gasteiger charge is 2.24.